The molecule has 78 valence electrons. The summed E-state index contributed by atoms with van der Waals surface area (Å²) in [5.41, 5.74) is 1.05. The molecule has 1 aromatic rings. The quantitative estimate of drug-likeness (QED) is 0.549. The number of benzene rings is 1. The third-order valence-electron chi connectivity index (χ3n) is 2.37. The molecule has 0 bridgehead atoms. The summed E-state index contributed by atoms with van der Waals surface area (Å²) >= 11 is 0. The maximum Gasteiger partial charge on any atom is 0.269 e. The van der Waals surface area contributed by atoms with Gasteiger partial charge in [-0.25, -0.2) is 0 Å². The molecule has 4 heteroatoms. The lowest BCUT2D eigenvalue weighted by Crippen LogP contribution is -2.15. The summed E-state index contributed by atoms with van der Waals surface area (Å²) in [6.45, 7) is 5.36. The SMILES string of the molecule is Cc1cc([N+](=O)[O-])ccc1C(C)(C)C#N. The van der Waals surface area contributed by atoms with Gasteiger partial charge in [0.2, 0.25) is 0 Å². The molecule has 0 saturated carbocycles. The molecule has 1 aromatic carbocycles. The van der Waals surface area contributed by atoms with Crippen molar-refractivity contribution in [1.29, 1.82) is 5.26 Å². The van der Waals surface area contributed by atoms with Crippen molar-refractivity contribution in [3.8, 4) is 6.07 Å². The van der Waals surface area contributed by atoms with Crippen molar-refractivity contribution < 1.29 is 4.92 Å². The van der Waals surface area contributed by atoms with Gasteiger partial charge in [0, 0.05) is 12.1 Å². The second-order valence-corrected chi connectivity index (χ2v) is 3.99. The Morgan fingerprint density at radius 3 is 2.47 bits per heavy atom. The molecular formula is C11H12N2O2. The van der Waals surface area contributed by atoms with E-state index in [-0.39, 0.29) is 5.69 Å². The van der Waals surface area contributed by atoms with Crippen LogP contribution in [0.2, 0.25) is 0 Å². The zero-order chi connectivity index (χ0) is 11.6. The number of nitrogens with zero attached hydrogens (tertiary/aromatic N) is 2. The normalized spacial score (nSPS) is 10.8. The van der Waals surface area contributed by atoms with Crippen LogP contribution < -0.4 is 0 Å². The minimum absolute atomic E-state index is 0.0602. The fourth-order valence-electron chi connectivity index (χ4n) is 1.52. The molecule has 0 saturated heterocycles. The van der Waals surface area contributed by atoms with Crippen LogP contribution in [0.1, 0.15) is 25.0 Å². The molecule has 0 aliphatic rings. The van der Waals surface area contributed by atoms with E-state index < -0.39 is 10.3 Å². The standard InChI is InChI=1S/C11H12N2O2/c1-8-6-9(13(14)15)4-5-10(8)11(2,3)7-12/h4-6H,1-3H3. The number of nitriles is 1. The third-order valence-corrected chi connectivity index (χ3v) is 2.37. The van der Waals surface area contributed by atoms with Gasteiger partial charge in [-0.05, 0) is 31.9 Å². The van der Waals surface area contributed by atoms with Gasteiger partial charge in [-0.3, -0.25) is 10.1 Å². The highest BCUT2D eigenvalue weighted by Gasteiger charge is 2.23. The Kier molecular flexibility index (Phi) is 2.76. The summed E-state index contributed by atoms with van der Waals surface area (Å²) in [7, 11) is 0. The number of non-ortho nitro benzene ring substituents is 1. The van der Waals surface area contributed by atoms with Crippen molar-refractivity contribution in [3.63, 3.8) is 0 Å². The van der Waals surface area contributed by atoms with E-state index in [0.717, 1.165) is 11.1 Å². The molecule has 4 nitrogen and oxygen atoms in total. The topological polar surface area (TPSA) is 66.9 Å². The average Bonchev–Trinajstić information content (AvgIpc) is 2.17. The van der Waals surface area contributed by atoms with Crippen molar-refractivity contribution in [2.45, 2.75) is 26.2 Å². The largest absolute Gasteiger partial charge is 0.269 e. The van der Waals surface area contributed by atoms with Gasteiger partial charge in [-0.1, -0.05) is 6.07 Å². The van der Waals surface area contributed by atoms with E-state index in [9.17, 15) is 10.1 Å². The molecule has 1 rings (SSSR count). The molecule has 0 N–H and O–H groups in total. The molecule has 0 unspecified atom stereocenters. The maximum atomic E-state index is 10.5. The molecule has 0 amide bonds. The first-order chi connectivity index (χ1) is 6.88. The highest BCUT2D eigenvalue weighted by Crippen LogP contribution is 2.27. The van der Waals surface area contributed by atoms with Gasteiger partial charge in [0.15, 0.2) is 0 Å². The predicted molar refractivity (Wildman–Crippen MR) is 56.5 cm³/mol. The first-order valence-corrected chi connectivity index (χ1v) is 4.55. The van der Waals surface area contributed by atoms with Crippen LogP contribution in [-0.4, -0.2) is 4.92 Å². The van der Waals surface area contributed by atoms with E-state index in [1.54, 1.807) is 26.8 Å². The van der Waals surface area contributed by atoms with Gasteiger partial charge < -0.3 is 0 Å². The van der Waals surface area contributed by atoms with Crippen LogP contribution >= 0.6 is 0 Å². The Morgan fingerprint density at radius 2 is 2.07 bits per heavy atom. The monoisotopic (exact) mass is 204 g/mol. The van der Waals surface area contributed by atoms with Gasteiger partial charge in [-0.2, -0.15) is 5.26 Å². The second-order valence-electron chi connectivity index (χ2n) is 3.99. The number of hydrogen-bond donors (Lipinski definition) is 0. The van der Waals surface area contributed by atoms with E-state index in [0.29, 0.717) is 0 Å². The molecule has 0 atom stereocenters. The first kappa shape index (κ1) is 11.2. The summed E-state index contributed by atoms with van der Waals surface area (Å²) in [5.74, 6) is 0. The van der Waals surface area contributed by atoms with E-state index in [4.69, 9.17) is 5.26 Å². The molecule has 0 aliphatic heterocycles. The molecule has 0 heterocycles. The van der Waals surface area contributed by atoms with Gasteiger partial charge in [0.05, 0.1) is 16.4 Å². The van der Waals surface area contributed by atoms with Gasteiger partial charge >= 0.3 is 0 Å². The Bertz CT molecular complexity index is 444. The van der Waals surface area contributed by atoms with Crippen LogP contribution in [0, 0.1) is 28.4 Å². The van der Waals surface area contributed by atoms with E-state index in [2.05, 4.69) is 6.07 Å². The molecular weight excluding hydrogens is 192 g/mol. The Balaban J connectivity index is 3.27. The zero-order valence-electron chi connectivity index (χ0n) is 8.94. The summed E-state index contributed by atoms with van der Waals surface area (Å²) in [6, 6.07) is 6.75. The number of aryl methyl sites for hydroxylation is 1. The molecule has 0 aromatic heterocycles. The summed E-state index contributed by atoms with van der Waals surface area (Å²) in [5, 5.41) is 19.5. The third kappa shape index (κ3) is 2.13. The Hall–Kier alpha value is -1.89. The van der Waals surface area contributed by atoms with Crippen LogP contribution in [0.15, 0.2) is 18.2 Å². The molecule has 0 spiro atoms. The molecule has 0 aliphatic carbocycles. The maximum absolute atomic E-state index is 10.5. The van der Waals surface area contributed by atoms with Crippen LogP contribution in [0.4, 0.5) is 5.69 Å². The Morgan fingerprint density at radius 1 is 1.47 bits per heavy atom. The molecule has 0 radical (unpaired) electrons. The minimum Gasteiger partial charge on any atom is -0.258 e. The minimum atomic E-state index is -0.612. The lowest BCUT2D eigenvalue weighted by molar-refractivity contribution is -0.384. The van der Waals surface area contributed by atoms with Crippen LogP contribution in [0.5, 0.6) is 0 Å². The van der Waals surface area contributed by atoms with Crippen molar-refractivity contribution in [3.05, 3.63) is 39.4 Å². The average molecular weight is 204 g/mol. The van der Waals surface area contributed by atoms with Gasteiger partial charge in [-0.15, -0.1) is 0 Å². The van der Waals surface area contributed by atoms with Gasteiger partial charge in [0.1, 0.15) is 0 Å². The van der Waals surface area contributed by atoms with E-state index in [1.807, 2.05) is 0 Å². The summed E-state index contributed by atoms with van der Waals surface area (Å²) in [6.07, 6.45) is 0. The lowest BCUT2D eigenvalue weighted by atomic mass is 9.83. The zero-order valence-corrected chi connectivity index (χ0v) is 8.94. The van der Waals surface area contributed by atoms with Crippen molar-refractivity contribution in [2.24, 2.45) is 0 Å². The number of hydrogen-bond acceptors (Lipinski definition) is 3. The van der Waals surface area contributed by atoms with Crippen molar-refractivity contribution >= 4 is 5.69 Å². The van der Waals surface area contributed by atoms with Crippen LogP contribution in [0.25, 0.3) is 0 Å². The number of rotatable bonds is 2. The second kappa shape index (κ2) is 3.70. The predicted octanol–water partition coefficient (Wildman–Crippen LogP) is 2.70. The van der Waals surface area contributed by atoms with Crippen LogP contribution in [-0.2, 0) is 5.41 Å². The van der Waals surface area contributed by atoms with E-state index >= 15 is 0 Å². The fraction of sp³-hybridized carbons (Fsp3) is 0.364. The lowest BCUT2D eigenvalue weighted by Gasteiger charge is -2.17. The van der Waals surface area contributed by atoms with Crippen molar-refractivity contribution in [2.75, 3.05) is 0 Å². The summed E-state index contributed by atoms with van der Waals surface area (Å²) in [4.78, 5) is 10.1. The number of nitro benzene ring substituents is 1. The van der Waals surface area contributed by atoms with Crippen molar-refractivity contribution in [1.82, 2.24) is 0 Å². The molecule has 0 fully saturated rings. The highest BCUT2D eigenvalue weighted by molar-refractivity contribution is 5.44. The van der Waals surface area contributed by atoms with Crippen LogP contribution in [0.3, 0.4) is 0 Å². The smallest absolute Gasteiger partial charge is 0.258 e. The fourth-order valence-corrected chi connectivity index (χ4v) is 1.52. The molecule has 15 heavy (non-hydrogen) atoms. The highest BCUT2D eigenvalue weighted by atomic mass is 16.6. The van der Waals surface area contributed by atoms with Gasteiger partial charge in [0.25, 0.3) is 5.69 Å². The van der Waals surface area contributed by atoms with E-state index in [1.165, 1.54) is 12.1 Å². The summed E-state index contributed by atoms with van der Waals surface area (Å²) < 4.78 is 0. The first-order valence-electron chi connectivity index (χ1n) is 4.55. The Labute approximate surface area is 88.3 Å². The number of nitro groups is 1.